The molecule has 0 spiro atoms. The summed E-state index contributed by atoms with van der Waals surface area (Å²) in [6.07, 6.45) is 6.91. The Balaban J connectivity index is 1.55. The number of aromatic nitrogens is 3. The van der Waals surface area contributed by atoms with Crippen molar-refractivity contribution >= 4 is 22.2 Å². The molecule has 1 amide bonds. The summed E-state index contributed by atoms with van der Waals surface area (Å²) < 4.78 is 1.55. The Labute approximate surface area is 155 Å². The Bertz CT molecular complexity index is 1030. The number of aryl methyl sites for hydroxylation is 2. The average Bonchev–Trinajstić information content (AvgIpc) is 3.21. The Morgan fingerprint density at radius 3 is 2.96 bits per heavy atom. The number of amides is 1. The number of thiazole rings is 1. The molecule has 0 bridgehead atoms. The normalized spacial score (nSPS) is 17.2. The zero-order valence-corrected chi connectivity index (χ0v) is 15.6. The zero-order valence-electron chi connectivity index (χ0n) is 14.8. The topological polar surface area (TPSA) is 67.6 Å². The van der Waals surface area contributed by atoms with Crippen molar-refractivity contribution in [2.45, 2.75) is 26.7 Å². The fraction of sp³-hybridized carbons (Fsp3) is 0.368. The first-order valence-electron chi connectivity index (χ1n) is 8.70. The second-order valence-corrected chi connectivity index (χ2v) is 7.99. The van der Waals surface area contributed by atoms with E-state index in [2.05, 4.69) is 16.0 Å². The van der Waals surface area contributed by atoms with Crippen molar-refractivity contribution in [1.82, 2.24) is 19.3 Å². The fourth-order valence-corrected chi connectivity index (χ4v) is 4.46. The number of likely N-dealkylation sites (tertiary alicyclic amines) is 1. The van der Waals surface area contributed by atoms with Gasteiger partial charge >= 0.3 is 0 Å². The Morgan fingerprint density at radius 1 is 1.35 bits per heavy atom. The maximum Gasteiger partial charge on any atom is 0.271 e. The monoisotopic (exact) mass is 368 g/mol. The molecule has 6 nitrogen and oxygen atoms in total. The predicted molar refractivity (Wildman–Crippen MR) is 101 cm³/mol. The molecular formula is C19H20N4O2S. The number of carbonyl (C=O) groups is 1. The van der Waals surface area contributed by atoms with E-state index in [1.54, 1.807) is 15.5 Å². The number of nitrogens with zero attached hydrogens (tertiary/aromatic N) is 4. The maximum absolute atomic E-state index is 12.9. The molecule has 1 aliphatic heterocycles. The van der Waals surface area contributed by atoms with Gasteiger partial charge in [-0.3, -0.25) is 19.0 Å². The van der Waals surface area contributed by atoms with E-state index in [1.807, 2.05) is 26.1 Å². The van der Waals surface area contributed by atoms with Crippen LogP contribution < -0.4 is 5.56 Å². The van der Waals surface area contributed by atoms with E-state index in [1.165, 1.54) is 23.1 Å². The van der Waals surface area contributed by atoms with Crippen LogP contribution in [-0.2, 0) is 6.42 Å². The molecule has 1 saturated heterocycles. The molecular weight excluding hydrogens is 348 g/mol. The molecule has 3 aromatic heterocycles. The van der Waals surface area contributed by atoms with Gasteiger partial charge in [0.1, 0.15) is 5.56 Å². The average molecular weight is 368 g/mol. The van der Waals surface area contributed by atoms with Crippen molar-refractivity contribution in [3.05, 3.63) is 62.8 Å². The highest BCUT2D eigenvalue weighted by molar-refractivity contribution is 7.17. The van der Waals surface area contributed by atoms with Crippen LogP contribution in [0.3, 0.4) is 0 Å². The van der Waals surface area contributed by atoms with E-state index in [0.717, 1.165) is 23.4 Å². The number of rotatable bonds is 3. The summed E-state index contributed by atoms with van der Waals surface area (Å²) in [6, 6.07) is 3.99. The van der Waals surface area contributed by atoms with E-state index >= 15 is 0 Å². The fourth-order valence-electron chi connectivity index (χ4n) is 3.53. The smallest absolute Gasteiger partial charge is 0.271 e. The number of fused-ring (bicyclic) bond motifs is 1. The largest absolute Gasteiger partial charge is 0.338 e. The van der Waals surface area contributed by atoms with Crippen LogP contribution in [0.15, 0.2) is 35.5 Å². The Kier molecular flexibility index (Phi) is 4.32. The predicted octanol–water partition coefficient (Wildman–Crippen LogP) is 2.47. The first-order chi connectivity index (χ1) is 12.5. The summed E-state index contributed by atoms with van der Waals surface area (Å²) in [5.41, 5.74) is 1.93. The van der Waals surface area contributed by atoms with Crippen molar-refractivity contribution < 1.29 is 4.79 Å². The highest BCUT2D eigenvalue weighted by atomic mass is 32.1. The van der Waals surface area contributed by atoms with E-state index in [4.69, 9.17) is 0 Å². The van der Waals surface area contributed by atoms with Crippen LogP contribution in [0.2, 0.25) is 0 Å². The molecule has 7 heteroatoms. The third-order valence-electron chi connectivity index (χ3n) is 5.07. The Morgan fingerprint density at radius 2 is 2.19 bits per heavy atom. The van der Waals surface area contributed by atoms with Gasteiger partial charge in [0.05, 0.1) is 0 Å². The van der Waals surface area contributed by atoms with E-state index in [0.29, 0.717) is 24.0 Å². The van der Waals surface area contributed by atoms with Crippen molar-refractivity contribution in [2.24, 2.45) is 5.92 Å². The van der Waals surface area contributed by atoms with Crippen molar-refractivity contribution in [1.29, 1.82) is 0 Å². The molecule has 3 aromatic rings. The van der Waals surface area contributed by atoms with Gasteiger partial charge in [-0.1, -0.05) is 6.07 Å². The van der Waals surface area contributed by atoms with Gasteiger partial charge in [0.25, 0.3) is 11.5 Å². The standard InChI is InChI=1S/C19H20N4O2S/c1-12-13(2)26-19-21-10-16(18(25)23(12)19)17(24)22-7-5-15(11-22)8-14-4-3-6-20-9-14/h3-4,6,9-10,15H,5,7-8,11H2,1-2H3. The minimum atomic E-state index is -0.266. The van der Waals surface area contributed by atoms with Crippen molar-refractivity contribution in [3.63, 3.8) is 0 Å². The van der Waals surface area contributed by atoms with Crippen LogP contribution in [0.4, 0.5) is 0 Å². The molecule has 1 aliphatic rings. The lowest BCUT2D eigenvalue weighted by molar-refractivity contribution is 0.0784. The first kappa shape index (κ1) is 16.9. The van der Waals surface area contributed by atoms with Gasteiger partial charge in [0, 0.05) is 42.3 Å². The highest BCUT2D eigenvalue weighted by Gasteiger charge is 2.29. The molecule has 4 heterocycles. The van der Waals surface area contributed by atoms with Crippen LogP contribution in [0.25, 0.3) is 4.96 Å². The molecule has 1 unspecified atom stereocenters. The third-order valence-corrected chi connectivity index (χ3v) is 6.14. The molecule has 0 aliphatic carbocycles. The van der Waals surface area contributed by atoms with E-state index in [9.17, 15) is 9.59 Å². The molecule has 1 atom stereocenters. The first-order valence-corrected chi connectivity index (χ1v) is 9.52. The number of hydrogen-bond donors (Lipinski definition) is 0. The molecule has 26 heavy (non-hydrogen) atoms. The van der Waals surface area contributed by atoms with Crippen LogP contribution >= 0.6 is 11.3 Å². The second kappa shape index (κ2) is 6.64. The molecule has 0 saturated carbocycles. The molecule has 1 fully saturated rings. The summed E-state index contributed by atoms with van der Waals surface area (Å²) >= 11 is 1.47. The van der Waals surface area contributed by atoms with Gasteiger partial charge in [0.15, 0.2) is 4.96 Å². The molecule has 0 radical (unpaired) electrons. The lowest BCUT2D eigenvalue weighted by Gasteiger charge is -2.16. The SMILES string of the molecule is Cc1sc2ncc(C(=O)N3CCC(Cc4cccnc4)C3)c(=O)n2c1C. The lowest BCUT2D eigenvalue weighted by Crippen LogP contribution is -2.34. The summed E-state index contributed by atoms with van der Waals surface area (Å²) in [6.45, 7) is 5.18. The zero-order chi connectivity index (χ0) is 18.3. The van der Waals surface area contributed by atoms with Gasteiger partial charge in [-0.2, -0.15) is 0 Å². The van der Waals surface area contributed by atoms with E-state index in [-0.39, 0.29) is 17.0 Å². The molecule has 134 valence electrons. The lowest BCUT2D eigenvalue weighted by atomic mass is 10.0. The van der Waals surface area contributed by atoms with Crippen LogP contribution in [0.5, 0.6) is 0 Å². The number of carbonyl (C=O) groups excluding carboxylic acids is 1. The summed E-state index contributed by atoms with van der Waals surface area (Å²) in [5.74, 6) is 0.182. The van der Waals surface area contributed by atoms with Crippen molar-refractivity contribution in [2.75, 3.05) is 13.1 Å². The number of hydrogen-bond acceptors (Lipinski definition) is 5. The van der Waals surface area contributed by atoms with Gasteiger partial charge in [0.2, 0.25) is 0 Å². The molecule has 0 N–H and O–H groups in total. The van der Waals surface area contributed by atoms with Gasteiger partial charge in [-0.25, -0.2) is 4.98 Å². The van der Waals surface area contributed by atoms with Crippen LogP contribution in [-0.4, -0.2) is 38.3 Å². The van der Waals surface area contributed by atoms with Crippen molar-refractivity contribution in [3.8, 4) is 0 Å². The second-order valence-electron chi connectivity index (χ2n) is 6.81. The summed E-state index contributed by atoms with van der Waals surface area (Å²) in [4.78, 5) is 37.6. The van der Waals surface area contributed by atoms with Gasteiger partial charge < -0.3 is 4.90 Å². The maximum atomic E-state index is 12.9. The highest BCUT2D eigenvalue weighted by Crippen LogP contribution is 2.22. The quantitative estimate of drug-likeness (QED) is 0.712. The van der Waals surface area contributed by atoms with Gasteiger partial charge in [-0.15, -0.1) is 11.3 Å². The number of pyridine rings is 1. The summed E-state index contributed by atoms with van der Waals surface area (Å²) in [7, 11) is 0. The third kappa shape index (κ3) is 2.92. The summed E-state index contributed by atoms with van der Waals surface area (Å²) in [5, 5.41) is 0. The minimum absolute atomic E-state index is 0.158. The van der Waals surface area contributed by atoms with Crippen LogP contribution in [0.1, 0.15) is 32.9 Å². The van der Waals surface area contributed by atoms with Crippen LogP contribution in [0, 0.1) is 19.8 Å². The minimum Gasteiger partial charge on any atom is -0.338 e. The molecule has 4 rings (SSSR count). The van der Waals surface area contributed by atoms with E-state index < -0.39 is 0 Å². The Hall–Kier alpha value is -2.54. The molecule has 0 aromatic carbocycles. The van der Waals surface area contributed by atoms with Gasteiger partial charge in [-0.05, 0) is 44.2 Å².